The van der Waals surface area contributed by atoms with Crippen LogP contribution >= 0.6 is 23.5 Å². The Morgan fingerprint density at radius 3 is 2.00 bits per heavy atom. The molecule has 0 aromatic rings. The van der Waals surface area contributed by atoms with E-state index in [9.17, 15) is 0 Å². The number of hydrogen-bond donors (Lipinski definition) is 1. The van der Waals surface area contributed by atoms with Crippen LogP contribution < -0.4 is 0 Å². The molecule has 0 saturated carbocycles. The minimum absolute atomic E-state index is 0.343. The fourth-order valence-corrected chi connectivity index (χ4v) is 2.98. The van der Waals surface area contributed by atoms with Crippen molar-refractivity contribution >= 4 is 23.5 Å². The van der Waals surface area contributed by atoms with Gasteiger partial charge in [-0.1, -0.05) is 13.8 Å². The molecule has 0 radical (unpaired) electrons. The van der Waals surface area contributed by atoms with Gasteiger partial charge in [-0.3, -0.25) is 0 Å². The van der Waals surface area contributed by atoms with Gasteiger partial charge in [-0.05, 0) is 0 Å². The Morgan fingerprint density at radius 1 is 1.33 bits per heavy atom. The highest BCUT2D eigenvalue weighted by Crippen LogP contribution is 2.30. The van der Waals surface area contributed by atoms with E-state index in [4.69, 9.17) is 5.11 Å². The van der Waals surface area contributed by atoms with Gasteiger partial charge in [-0.25, -0.2) is 0 Å². The summed E-state index contributed by atoms with van der Waals surface area (Å²) in [6, 6.07) is 0. The number of aliphatic hydroxyl groups is 1. The maximum absolute atomic E-state index is 8.52. The summed E-state index contributed by atoms with van der Waals surface area (Å²) in [5.41, 5.74) is 0. The maximum Gasteiger partial charge on any atom is 0.0733 e. The first-order chi connectivity index (χ1) is 4.43. The molecule has 1 aliphatic rings. The van der Waals surface area contributed by atoms with Gasteiger partial charge in [0.2, 0.25) is 0 Å². The molecule has 0 aliphatic carbocycles. The topological polar surface area (TPSA) is 20.2 Å². The first-order valence-electron chi connectivity index (χ1n) is 3.27. The molecule has 1 heterocycles. The Balaban J connectivity index is 0.000000291. The first kappa shape index (κ1) is 9.66. The number of aliphatic hydroxyl groups excluding tert-OH is 1. The third-order valence-electron chi connectivity index (χ3n) is 0.840. The SMILES string of the molecule is CC.OCC1SCCS1. The van der Waals surface area contributed by atoms with Crippen molar-refractivity contribution in [3.05, 3.63) is 0 Å². The van der Waals surface area contributed by atoms with Crippen molar-refractivity contribution in [2.24, 2.45) is 0 Å². The molecule has 1 saturated heterocycles. The predicted octanol–water partition coefficient (Wildman–Crippen LogP) is 1.81. The summed E-state index contributed by atoms with van der Waals surface area (Å²) < 4.78 is 0.486. The van der Waals surface area contributed by atoms with Crippen LogP contribution in [0.5, 0.6) is 0 Å². The minimum atomic E-state index is 0.343. The molecular formula is C6H14OS2. The molecule has 1 N–H and O–H groups in total. The van der Waals surface area contributed by atoms with E-state index in [-0.39, 0.29) is 0 Å². The van der Waals surface area contributed by atoms with Crippen molar-refractivity contribution in [2.45, 2.75) is 18.4 Å². The molecular weight excluding hydrogens is 152 g/mol. The molecule has 56 valence electrons. The van der Waals surface area contributed by atoms with Gasteiger partial charge in [0.25, 0.3) is 0 Å². The van der Waals surface area contributed by atoms with E-state index in [1.807, 2.05) is 37.4 Å². The van der Waals surface area contributed by atoms with Crippen LogP contribution in [0.25, 0.3) is 0 Å². The molecule has 0 spiro atoms. The summed E-state index contributed by atoms with van der Waals surface area (Å²) in [6.07, 6.45) is 0. The number of rotatable bonds is 1. The lowest BCUT2D eigenvalue weighted by atomic mass is 10.9. The first-order valence-corrected chi connectivity index (χ1v) is 5.37. The standard InChI is InChI=1S/C4H8OS2.C2H6/c5-3-4-6-1-2-7-4;1-2/h4-5H,1-3H2;1-2H3. The van der Waals surface area contributed by atoms with Gasteiger partial charge in [-0.2, -0.15) is 0 Å². The van der Waals surface area contributed by atoms with E-state index in [2.05, 4.69) is 0 Å². The zero-order valence-corrected chi connectivity index (χ0v) is 7.60. The molecule has 1 aliphatic heterocycles. The summed E-state index contributed by atoms with van der Waals surface area (Å²) in [7, 11) is 0. The summed E-state index contributed by atoms with van der Waals surface area (Å²) in [5.74, 6) is 2.44. The highest BCUT2D eigenvalue weighted by atomic mass is 32.2. The van der Waals surface area contributed by atoms with E-state index >= 15 is 0 Å². The van der Waals surface area contributed by atoms with E-state index in [0.29, 0.717) is 11.2 Å². The Hall–Kier alpha value is 0.660. The van der Waals surface area contributed by atoms with Crippen LogP contribution in [-0.4, -0.2) is 27.8 Å². The van der Waals surface area contributed by atoms with Crippen LogP contribution in [0.4, 0.5) is 0 Å². The second-order valence-electron chi connectivity index (χ2n) is 1.35. The van der Waals surface area contributed by atoms with Crippen LogP contribution in [-0.2, 0) is 0 Å². The van der Waals surface area contributed by atoms with Crippen LogP contribution in [0.15, 0.2) is 0 Å². The summed E-state index contributed by atoms with van der Waals surface area (Å²) in [5, 5.41) is 8.52. The van der Waals surface area contributed by atoms with Gasteiger partial charge < -0.3 is 5.11 Å². The van der Waals surface area contributed by atoms with E-state index in [1.165, 1.54) is 11.5 Å². The third-order valence-corrected chi connectivity index (χ3v) is 3.84. The lowest BCUT2D eigenvalue weighted by Gasteiger charge is -1.97. The molecule has 0 aromatic heterocycles. The van der Waals surface area contributed by atoms with E-state index in [1.54, 1.807) is 0 Å². The van der Waals surface area contributed by atoms with Crippen LogP contribution in [0, 0.1) is 0 Å². The van der Waals surface area contributed by atoms with Gasteiger partial charge >= 0.3 is 0 Å². The second kappa shape index (κ2) is 6.78. The molecule has 9 heavy (non-hydrogen) atoms. The zero-order chi connectivity index (χ0) is 7.11. The molecule has 0 unspecified atom stereocenters. The largest absolute Gasteiger partial charge is 0.394 e. The van der Waals surface area contributed by atoms with Crippen LogP contribution in [0.1, 0.15) is 13.8 Å². The number of thioether (sulfide) groups is 2. The highest BCUT2D eigenvalue weighted by Gasteiger charge is 2.13. The normalized spacial score (nSPS) is 19.0. The molecule has 0 aromatic carbocycles. The lowest BCUT2D eigenvalue weighted by molar-refractivity contribution is 0.316. The molecule has 0 atom stereocenters. The smallest absolute Gasteiger partial charge is 0.0733 e. The Bertz CT molecular complexity index is 53.0. The molecule has 0 amide bonds. The van der Waals surface area contributed by atoms with Crippen LogP contribution in [0.2, 0.25) is 0 Å². The van der Waals surface area contributed by atoms with E-state index < -0.39 is 0 Å². The van der Waals surface area contributed by atoms with Gasteiger partial charge in [0, 0.05) is 11.5 Å². The second-order valence-corrected chi connectivity index (χ2v) is 4.27. The zero-order valence-electron chi connectivity index (χ0n) is 5.96. The van der Waals surface area contributed by atoms with Gasteiger partial charge in [0.1, 0.15) is 0 Å². The molecule has 1 fully saturated rings. The number of hydrogen-bond acceptors (Lipinski definition) is 3. The fraction of sp³-hybridized carbons (Fsp3) is 1.00. The Morgan fingerprint density at radius 2 is 1.78 bits per heavy atom. The lowest BCUT2D eigenvalue weighted by Crippen LogP contribution is -1.96. The summed E-state index contributed by atoms with van der Waals surface area (Å²) >= 11 is 3.71. The van der Waals surface area contributed by atoms with Crippen molar-refractivity contribution in [2.75, 3.05) is 18.1 Å². The third kappa shape index (κ3) is 4.12. The molecule has 0 bridgehead atoms. The van der Waals surface area contributed by atoms with Crippen molar-refractivity contribution in [3.63, 3.8) is 0 Å². The van der Waals surface area contributed by atoms with Crippen molar-refractivity contribution in [3.8, 4) is 0 Å². The highest BCUT2D eigenvalue weighted by molar-refractivity contribution is 8.20. The fourth-order valence-electron chi connectivity index (χ4n) is 0.513. The van der Waals surface area contributed by atoms with Crippen LogP contribution in [0.3, 0.4) is 0 Å². The molecule has 1 rings (SSSR count). The average molecular weight is 166 g/mol. The molecule has 1 nitrogen and oxygen atoms in total. The van der Waals surface area contributed by atoms with Gasteiger partial charge in [0.15, 0.2) is 0 Å². The summed E-state index contributed by atoms with van der Waals surface area (Å²) in [4.78, 5) is 0. The van der Waals surface area contributed by atoms with E-state index in [0.717, 1.165) is 0 Å². The summed E-state index contributed by atoms with van der Waals surface area (Å²) in [6.45, 7) is 4.34. The Kier molecular flexibility index (Phi) is 7.27. The maximum atomic E-state index is 8.52. The van der Waals surface area contributed by atoms with Gasteiger partial charge in [0.05, 0.1) is 11.2 Å². The van der Waals surface area contributed by atoms with Crippen molar-refractivity contribution in [1.29, 1.82) is 0 Å². The predicted molar refractivity (Wildman–Crippen MR) is 47.1 cm³/mol. The monoisotopic (exact) mass is 166 g/mol. The average Bonchev–Trinajstić information content (AvgIpc) is 2.43. The minimum Gasteiger partial charge on any atom is -0.394 e. The molecule has 3 heteroatoms. The van der Waals surface area contributed by atoms with Crippen molar-refractivity contribution < 1.29 is 5.11 Å². The Labute approximate surface area is 65.6 Å². The van der Waals surface area contributed by atoms with Gasteiger partial charge in [-0.15, -0.1) is 23.5 Å². The van der Waals surface area contributed by atoms with Crippen molar-refractivity contribution in [1.82, 2.24) is 0 Å². The quantitative estimate of drug-likeness (QED) is 0.641.